The number of methoxy groups -OCH3 is 1. The van der Waals surface area contributed by atoms with E-state index >= 15 is 0 Å². The zero-order chi connectivity index (χ0) is 20.8. The third-order valence-electron chi connectivity index (χ3n) is 4.09. The molecule has 0 aliphatic carbocycles. The number of aromatic nitrogens is 4. The lowest BCUT2D eigenvalue weighted by Crippen LogP contribution is -2.14. The van der Waals surface area contributed by atoms with Crippen LogP contribution in [0.25, 0.3) is 11.9 Å². The predicted octanol–water partition coefficient (Wildman–Crippen LogP) is 2.58. The standard InChI is InChI=1S/C20H19N5O4/c1-3-16-15(12-21-25(16)17-9-10-18(29-2)24-23-17)20(28)22-14-7-4-13(5-8-14)6-11-19(26)27/h4-12H,3H2,1-2H3,(H,22,28)(H,26,27). The van der Waals surface area contributed by atoms with Crippen LogP contribution in [0, 0.1) is 0 Å². The molecule has 0 atom stereocenters. The highest BCUT2D eigenvalue weighted by molar-refractivity contribution is 6.05. The molecule has 2 aromatic heterocycles. The minimum Gasteiger partial charge on any atom is -0.480 e. The molecule has 0 spiro atoms. The SMILES string of the molecule is CCc1c(C(=O)Nc2ccc(C=CC(=O)O)cc2)cnn1-c1ccc(OC)nn1. The van der Waals surface area contributed by atoms with Crippen molar-refractivity contribution in [2.45, 2.75) is 13.3 Å². The fourth-order valence-electron chi connectivity index (χ4n) is 2.68. The van der Waals surface area contributed by atoms with Crippen LogP contribution >= 0.6 is 0 Å². The van der Waals surface area contributed by atoms with E-state index in [-0.39, 0.29) is 5.91 Å². The molecule has 0 aliphatic rings. The lowest BCUT2D eigenvalue weighted by Gasteiger charge is -2.08. The number of aliphatic carboxylic acids is 1. The zero-order valence-electron chi connectivity index (χ0n) is 15.9. The van der Waals surface area contributed by atoms with E-state index in [1.807, 2.05) is 6.92 Å². The van der Waals surface area contributed by atoms with Crippen LogP contribution in [0.15, 0.2) is 48.7 Å². The van der Waals surface area contributed by atoms with E-state index in [2.05, 4.69) is 20.6 Å². The monoisotopic (exact) mass is 393 g/mol. The van der Waals surface area contributed by atoms with Crippen molar-refractivity contribution in [3.05, 3.63) is 65.5 Å². The molecular formula is C20H19N5O4. The first-order valence-corrected chi connectivity index (χ1v) is 8.79. The summed E-state index contributed by atoms with van der Waals surface area (Å²) >= 11 is 0. The Morgan fingerprint density at radius 2 is 1.93 bits per heavy atom. The normalized spacial score (nSPS) is 10.8. The van der Waals surface area contributed by atoms with Gasteiger partial charge in [0, 0.05) is 17.8 Å². The molecule has 3 rings (SSSR count). The topological polar surface area (TPSA) is 119 Å². The van der Waals surface area contributed by atoms with Gasteiger partial charge >= 0.3 is 5.97 Å². The molecule has 0 fully saturated rings. The number of hydrogen-bond donors (Lipinski definition) is 2. The predicted molar refractivity (Wildman–Crippen MR) is 106 cm³/mol. The summed E-state index contributed by atoms with van der Waals surface area (Å²) < 4.78 is 6.58. The molecule has 0 bridgehead atoms. The number of ether oxygens (including phenoxy) is 1. The van der Waals surface area contributed by atoms with E-state index in [9.17, 15) is 9.59 Å². The maximum absolute atomic E-state index is 12.7. The number of benzene rings is 1. The molecule has 0 aliphatic heterocycles. The Labute approximate surface area is 166 Å². The molecular weight excluding hydrogens is 374 g/mol. The largest absolute Gasteiger partial charge is 0.480 e. The first-order chi connectivity index (χ1) is 14.0. The second-order valence-corrected chi connectivity index (χ2v) is 5.95. The summed E-state index contributed by atoms with van der Waals surface area (Å²) in [6, 6.07) is 10.2. The quantitative estimate of drug-likeness (QED) is 0.592. The molecule has 0 saturated carbocycles. The molecule has 3 aromatic rings. The Morgan fingerprint density at radius 1 is 1.17 bits per heavy atom. The number of carbonyl (C=O) groups excluding carboxylic acids is 1. The summed E-state index contributed by atoms with van der Waals surface area (Å²) in [6.45, 7) is 1.92. The van der Waals surface area contributed by atoms with Gasteiger partial charge in [-0.25, -0.2) is 9.48 Å². The lowest BCUT2D eigenvalue weighted by atomic mass is 10.1. The van der Waals surface area contributed by atoms with Gasteiger partial charge in [-0.2, -0.15) is 5.10 Å². The van der Waals surface area contributed by atoms with Crippen LogP contribution in [-0.4, -0.2) is 44.1 Å². The summed E-state index contributed by atoms with van der Waals surface area (Å²) in [4.78, 5) is 23.3. The molecule has 9 nitrogen and oxygen atoms in total. The van der Waals surface area contributed by atoms with E-state index < -0.39 is 5.97 Å². The molecule has 0 radical (unpaired) electrons. The molecule has 2 N–H and O–H groups in total. The number of nitrogens with zero attached hydrogens (tertiary/aromatic N) is 4. The van der Waals surface area contributed by atoms with Crippen molar-refractivity contribution in [1.29, 1.82) is 0 Å². The molecule has 0 saturated heterocycles. The highest BCUT2D eigenvalue weighted by Crippen LogP contribution is 2.18. The van der Waals surface area contributed by atoms with Gasteiger partial charge < -0.3 is 15.2 Å². The number of carboxylic acids is 1. The van der Waals surface area contributed by atoms with E-state index in [0.29, 0.717) is 40.6 Å². The van der Waals surface area contributed by atoms with Crippen molar-refractivity contribution in [2.75, 3.05) is 12.4 Å². The second kappa shape index (κ2) is 8.79. The summed E-state index contributed by atoms with van der Waals surface area (Å²) in [6.07, 6.45) is 4.58. The van der Waals surface area contributed by atoms with Gasteiger partial charge in [0.2, 0.25) is 5.88 Å². The van der Waals surface area contributed by atoms with Crippen molar-refractivity contribution in [3.8, 4) is 11.7 Å². The Kier molecular flexibility index (Phi) is 5.98. The summed E-state index contributed by atoms with van der Waals surface area (Å²) in [7, 11) is 1.51. The lowest BCUT2D eigenvalue weighted by molar-refractivity contribution is -0.131. The van der Waals surface area contributed by atoms with Gasteiger partial charge in [-0.15, -0.1) is 10.2 Å². The third-order valence-corrected chi connectivity index (χ3v) is 4.09. The second-order valence-electron chi connectivity index (χ2n) is 5.95. The molecule has 9 heteroatoms. The minimum atomic E-state index is -1.02. The number of anilines is 1. The average molecular weight is 393 g/mol. The summed E-state index contributed by atoms with van der Waals surface area (Å²) in [5, 5.41) is 23.8. The van der Waals surface area contributed by atoms with Crippen molar-refractivity contribution < 1.29 is 19.4 Å². The van der Waals surface area contributed by atoms with Crippen molar-refractivity contribution in [1.82, 2.24) is 20.0 Å². The Morgan fingerprint density at radius 3 is 2.52 bits per heavy atom. The third kappa shape index (κ3) is 4.64. The van der Waals surface area contributed by atoms with E-state index in [1.165, 1.54) is 19.4 Å². The van der Waals surface area contributed by atoms with Gasteiger partial charge in [0.05, 0.1) is 24.6 Å². The molecule has 148 valence electrons. The summed E-state index contributed by atoms with van der Waals surface area (Å²) in [5.74, 6) is -0.453. The molecule has 2 heterocycles. The zero-order valence-corrected chi connectivity index (χ0v) is 15.9. The van der Waals surface area contributed by atoms with Crippen LogP contribution in [-0.2, 0) is 11.2 Å². The van der Waals surface area contributed by atoms with E-state index in [0.717, 1.165) is 6.08 Å². The van der Waals surface area contributed by atoms with Gasteiger partial charge in [0.1, 0.15) is 0 Å². The number of carbonyl (C=O) groups is 2. The average Bonchev–Trinajstić information content (AvgIpc) is 3.17. The number of nitrogens with one attached hydrogen (secondary N) is 1. The van der Waals surface area contributed by atoms with Gasteiger partial charge in [-0.05, 0) is 36.3 Å². The van der Waals surface area contributed by atoms with E-state index in [1.54, 1.807) is 41.1 Å². The number of hydrogen-bond acceptors (Lipinski definition) is 6. The maximum Gasteiger partial charge on any atom is 0.328 e. The molecule has 1 aromatic carbocycles. The number of rotatable bonds is 7. The van der Waals surface area contributed by atoms with Crippen molar-refractivity contribution >= 4 is 23.6 Å². The minimum absolute atomic E-state index is 0.302. The van der Waals surface area contributed by atoms with Crippen LogP contribution in [0.3, 0.4) is 0 Å². The fourth-order valence-corrected chi connectivity index (χ4v) is 2.68. The van der Waals surface area contributed by atoms with Crippen LogP contribution in [0.5, 0.6) is 5.88 Å². The van der Waals surface area contributed by atoms with Gasteiger partial charge in [-0.3, -0.25) is 4.79 Å². The number of carboxylic acid groups (broad SMARTS) is 1. The van der Waals surface area contributed by atoms with Crippen molar-refractivity contribution in [2.24, 2.45) is 0 Å². The van der Waals surface area contributed by atoms with Crippen LogP contribution < -0.4 is 10.1 Å². The van der Waals surface area contributed by atoms with E-state index in [4.69, 9.17) is 9.84 Å². The Balaban J connectivity index is 1.79. The Hall–Kier alpha value is -4.01. The van der Waals surface area contributed by atoms with Crippen molar-refractivity contribution in [3.63, 3.8) is 0 Å². The first kappa shape index (κ1) is 19.7. The number of amides is 1. The first-order valence-electron chi connectivity index (χ1n) is 8.79. The molecule has 0 unspecified atom stereocenters. The molecule has 1 amide bonds. The summed E-state index contributed by atoms with van der Waals surface area (Å²) in [5.41, 5.74) is 2.43. The van der Waals surface area contributed by atoms with Gasteiger partial charge in [0.15, 0.2) is 5.82 Å². The Bertz CT molecular complexity index is 1040. The fraction of sp³-hybridized carbons (Fsp3) is 0.150. The highest BCUT2D eigenvalue weighted by Gasteiger charge is 2.18. The van der Waals surface area contributed by atoms with Gasteiger partial charge in [-0.1, -0.05) is 19.1 Å². The maximum atomic E-state index is 12.7. The molecule has 29 heavy (non-hydrogen) atoms. The smallest absolute Gasteiger partial charge is 0.328 e. The van der Waals surface area contributed by atoms with Crippen LogP contribution in [0.4, 0.5) is 5.69 Å². The van der Waals surface area contributed by atoms with Gasteiger partial charge in [0.25, 0.3) is 5.91 Å². The highest BCUT2D eigenvalue weighted by atomic mass is 16.5. The van der Waals surface area contributed by atoms with Crippen LogP contribution in [0.2, 0.25) is 0 Å². The van der Waals surface area contributed by atoms with Crippen LogP contribution in [0.1, 0.15) is 28.5 Å².